The summed E-state index contributed by atoms with van der Waals surface area (Å²) in [6, 6.07) is 14.5. The summed E-state index contributed by atoms with van der Waals surface area (Å²) in [4.78, 5) is 0.104. The molecule has 10 heteroatoms. The largest absolute Gasteiger partial charge is 0.492 e. The zero-order chi connectivity index (χ0) is 20.1. The van der Waals surface area contributed by atoms with Gasteiger partial charge < -0.3 is 10.1 Å². The Hall–Kier alpha value is -2.98. The quantitative estimate of drug-likeness (QED) is 0.614. The van der Waals surface area contributed by atoms with Crippen LogP contribution in [0.3, 0.4) is 0 Å². The Kier molecular flexibility index (Phi) is 5.90. The highest BCUT2D eigenvalue weighted by molar-refractivity contribution is 7.89. The molecular formula is C18H22N6O3S. The van der Waals surface area contributed by atoms with Crippen LogP contribution in [0.2, 0.25) is 0 Å². The van der Waals surface area contributed by atoms with Gasteiger partial charge in [0.2, 0.25) is 10.0 Å². The Morgan fingerprint density at radius 2 is 1.89 bits per heavy atom. The van der Waals surface area contributed by atoms with Crippen LogP contribution in [0.1, 0.15) is 12.7 Å². The van der Waals surface area contributed by atoms with E-state index in [2.05, 4.69) is 20.8 Å². The summed E-state index contributed by atoms with van der Waals surface area (Å²) in [6.45, 7) is 2.49. The van der Waals surface area contributed by atoms with Crippen LogP contribution in [0, 0.1) is 0 Å². The maximum absolute atomic E-state index is 12.6. The molecule has 0 aliphatic rings. The lowest BCUT2D eigenvalue weighted by molar-refractivity contribution is 0.330. The predicted molar refractivity (Wildman–Crippen MR) is 105 cm³/mol. The molecule has 148 valence electrons. The van der Waals surface area contributed by atoms with Crippen molar-refractivity contribution in [3.63, 3.8) is 0 Å². The molecule has 28 heavy (non-hydrogen) atoms. The number of sulfonamides is 1. The fourth-order valence-corrected chi connectivity index (χ4v) is 3.61. The van der Waals surface area contributed by atoms with Crippen LogP contribution >= 0.6 is 0 Å². The minimum atomic E-state index is -3.65. The van der Waals surface area contributed by atoms with Crippen LogP contribution in [0.4, 0.5) is 5.69 Å². The molecule has 0 spiro atoms. The van der Waals surface area contributed by atoms with E-state index in [0.29, 0.717) is 30.4 Å². The highest BCUT2D eigenvalue weighted by Crippen LogP contribution is 2.29. The predicted octanol–water partition coefficient (Wildman–Crippen LogP) is 1.92. The molecule has 0 unspecified atom stereocenters. The van der Waals surface area contributed by atoms with Crippen LogP contribution in [-0.2, 0) is 16.6 Å². The van der Waals surface area contributed by atoms with Gasteiger partial charge >= 0.3 is 0 Å². The van der Waals surface area contributed by atoms with Gasteiger partial charge in [0.25, 0.3) is 0 Å². The topological polar surface area (TPSA) is 102 Å². The fraction of sp³-hybridized carbons (Fsp3) is 0.278. The summed E-state index contributed by atoms with van der Waals surface area (Å²) >= 11 is 0. The molecule has 1 heterocycles. The summed E-state index contributed by atoms with van der Waals surface area (Å²) in [5.74, 6) is 0.910. The molecule has 2 aromatic carbocycles. The number of tetrazole rings is 1. The second-order valence-electron chi connectivity index (χ2n) is 6.08. The van der Waals surface area contributed by atoms with Gasteiger partial charge in [-0.25, -0.2) is 12.7 Å². The SMILES string of the molecule is CCOc1ccc(NCc2nnnn2-c2ccccc2)cc1S(=O)(=O)N(C)C. The number of rotatable bonds is 8. The average molecular weight is 402 g/mol. The van der Waals surface area contributed by atoms with Crippen molar-refractivity contribution in [2.24, 2.45) is 0 Å². The van der Waals surface area contributed by atoms with E-state index in [0.717, 1.165) is 9.99 Å². The van der Waals surface area contributed by atoms with Crippen molar-refractivity contribution in [2.75, 3.05) is 26.0 Å². The standard InChI is InChI=1S/C18H22N6O3S/c1-4-27-16-11-10-14(12-17(16)28(25,26)23(2)3)19-13-18-20-21-22-24(18)15-8-6-5-7-9-15/h5-12,19H,4,13H2,1-3H3. The summed E-state index contributed by atoms with van der Waals surface area (Å²) in [7, 11) is -0.682. The minimum Gasteiger partial charge on any atom is -0.492 e. The van der Waals surface area contributed by atoms with E-state index in [1.807, 2.05) is 37.3 Å². The van der Waals surface area contributed by atoms with Gasteiger partial charge in [0.1, 0.15) is 10.6 Å². The fourth-order valence-electron chi connectivity index (χ4n) is 2.56. The number of para-hydroxylation sites is 1. The first-order valence-corrected chi connectivity index (χ1v) is 10.1. The van der Waals surface area contributed by atoms with Crippen LogP contribution in [0.15, 0.2) is 53.4 Å². The summed E-state index contributed by atoms with van der Waals surface area (Å²) in [6.07, 6.45) is 0. The number of hydrogen-bond donors (Lipinski definition) is 1. The average Bonchev–Trinajstić information content (AvgIpc) is 3.16. The maximum atomic E-state index is 12.6. The summed E-state index contributed by atoms with van der Waals surface area (Å²) in [5, 5.41) is 15.0. The number of aromatic nitrogens is 4. The molecule has 1 aromatic heterocycles. The molecule has 0 aliphatic heterocycles. The second-order valence-corrected chi connectivity index (χ2v) is 8.20. The van der Waals surface area contributed by atoms with E-state index in [1.165, 1.54) is 14.1 Å². The van der Waals surface area contributed by atoms with E-state index in [1.54, 1.807) is 22.9 Å². The molecule has 0 fully saturated rings. The molecule has 9 nitrogen and oxygen atoms in total. The lowest BCUT2D eigenvalue weighted by Gasteiger charge is -2.17. The molecule has 3 aromatic rings. The number of nitrogens with zero attached hydrogens (tertiary/aromatic N) is 5. The number of ether oxygens (including phenoxy) is 1. The molecule has 0 radical (unpaired) electrons. The third-order valence-electron chi connectivity index (χ3n) is 3.99. The van der Waals surface area contributed by atoms with E-state index < -0.39 is 10.0 Å². The number of benzene rings is 2. The highest BCUT2D eigenvalue weighted by atomic mass is 32.2. The Bertz CT molecular complexity index is 1030. The molecule has 3 rings (SSSR count). The van der Waals surface area contributed by atoms with Gasteiger partial charge in [-0.2, -0.15) is 4.68 Å². The van der Waals surface area contributed by atoms with Crippen molar-refractivity contribution in [3.8, 4) is 11.4 Å². The summed E-state index contributed by atoms with van der Waals surface area (Å²) in [5.41, 5.74) is 1.46. The zero-order valence-corrected chi connectivity index (χ0v) is 16.7. The number of anilines is 1. The Balaban J connectivity index is 1.86. The van der Waals surface area contributed by atoms with Crippen molar-refractivity contribution in [1.82, 2.24) is 24.5 Å². The normalized spacial score (nSPS) is 11.6. The molecule has 0 atom stereocenters. The second kappa shape index (κ2) is 8.36. The Morgan fingerprint density at radius 3 is 2.57 bits per heavy atom. The zero-order valence-electron chi connectivity index (χ0n) is 15.9. The first-order chi connectivity index (χ1) is 13.4. The summed E-state index contributed by atoms with van der Waals surface area (Å²) < 4.78 is 33.5. The number of hydrogen-bond acceptors (Lipinski definition) is 7. The molecule has 0 aliphatic carbocycles. The lowest BCUT2D eigenvalue weighted by Crippen LogP contribution is -2.23. The lowest BCUT2D eigenvalue weighted by atomic mass is 10.3. The van der Waals surface area contributed by atoms with Crippen LogP contribution in [-0.4, -0.2) is 53.6 Å². The number of nitrogens with one attached hydrogen (secondary N) is 1. The van der Waals surface area contributed by atoms with Gasteiger partial charge in [-0.05, 0) is 47.7 Å². The van der Waals surface area contributed by atoms with Gasteiger partial charge in [0, 0.05) is 19.8 Å². The van der Waals surface area contributed by atoms with E-state index in [4.69, 9.17) is 4.74 Å². The molecular weight excluding hydrogens is 380 g/mol. The molecule has 0 bridgehead atoms. The highest BCUT2D eigenvalue weighted by Gasteiger charge is 2.23. The molecule has 0 amide bonds. The first kappa shape index (κ1) is 19.8. The van der Waals surface area contributed by atoms with Gasteiger partial charge in [-0.1, -0.05) is 18.2 Å². The van der Waals surface area contributed by atoms with E-state index >= 15 is 0 Å². The van der Waals surface area contributed by atoms with Crippen molar-refractivity contribution >= 4 is 15.7 Å². The Labute approximate surface area is 164 Å². The molecule has 1 N–H and O–H groups in total. The Morgan fingerprint density at radius 1 is 1.14 bits per heavy atom. The van der Waals surface area contributed by atoms with Crippen LogP contribution < -0.4 is 10.1 Å². The minimum absolute atomic E-state index is 0.104. The molecule has 0 saturated heterocycles. The monoisotopic (exact) mass is 402 g/mol. The van der Waals surface area contributed by atoms with Gasteiger partial charge in [-0.3, -0.25) is 0 Å². The smallest absolute Gasteiger partial charge is 0.246 e. The van der Waals surface area contributed by atoms with Crippen LogP contribution in [0.5, 0.6) is 5.75 Å². The van der Waals surface area contributed by atoms with Gasteiger partial charge in [-0.15, -0.1) is 5.10 Å². The maximum Gasteiger partial charge on any atom is 0.246 e. The first-order valence-electron chi connectivity index (χ1n) is 8.69. The van der Waals surface area contributed by atoms with Gasteiger partial charge in [0.05, 0.1) is 18.8 Å². The van der Waals surface area contributed by atoms with Crippen molar-refractivity contribution in [2.45, 2.75) is 18.4 Å². The van der Waals surface area contributed by atoms with E-state index in [9.17, 15) is 8.42 Å². The van der Waals surface area contributed by atoms with Gasteiger partial charge in [0.15, 0.2) is 5.82 Å². The van der Waals surface area contributed by atoms with Crippen molar-refractivity contribution < 1.29 is 13.2 Å². The van der Waals surface area contributed by atoms with Crippen molar-refractivity contribution in [3.05, 3.63) is 54.4 Å². The van der Waals surface area contributed by atoms with Crippen molar-refractivity contribution in [1.29, 1.82) is 0 Å². The van der Waals surface area contributed by atoms with Crippen LogP contribution in [0.25, 0.3) is 5.69 Å². The van der Waals surface area contributed by atoms with E-state index in [-0.39, 0.29) is 4.90 Å². The third-order valence-corrected chi connectivity index (χ3v) is 5.82. The third kappa shape index (κ3) is 4.12. The molecule has 0 saturated carbocycles.